The molecule has 1 fully saturated rings. The van der Waals surface area contributed by atoms with Crippen LogP contribution in [0.15, 0.2) is 11.6 Å². The standard InChI is InChI=1S/C15H24O2/c1-9(2)11-5-6-15(4,17)13-8-14(16)10(3)7-12(11)13/h7,9,11-13,17H,5-6,8H2,1-4H3/t11-,12-,13-,15+/m0/s1. The Morgan fingerprint density at radius 3 is 2.71 bits per heavy atom. The van der Waals surface area contributed by atoms with Crippen LogP contribution in [0, 0.1) is 23.7 Å². The van der Waals surface area contributed by atoms with Crippen molar-refractivity contribution in [1.29, 1.82) is 0 Å². The number of ketones is 1. The maximum atomic E-state index is 11.8. The Bertz CT molecular complexity index is 352. The Morgan fingerprint density at radius 2 is 2.12 bits per heavy atom. The molecule has 1 N–H and O–H groups in total. The van der Waals surface area contributed by atoms with E-state index in [-0.39, 0.29) is 11.7 Å². The average molecular weight is 236 g/mol. The van der Waals surface area contributed by atoms with Crippen LogP contribution in [0.2, 0.25) is 0 Å². The van der Waals surface area contributed by atoms with Crippen molar-refractivity contribution in [3.8, 4) is 0 Å². The lowest BCUT2D eigenvalue weighted by Gasteiger charge is -2.49. The van der Waals surface area contributed by atoms with E-state index in [2.05, 4.69) is 19.9 Å². The van der Waals surface area contributed by atoms with E-state index in [9.17, 15) is 9.90 Å². The van der Waals surface area contributed by atoms with E-state index >= 15 is 0 Å². The van der Waals surface area contributed by atoms with Crippen molar-refractivity contribution in [2.24, 2.45) is 23.7 Å². The van der Waals surface area contributed by atoms with Crippen LogP contribution in [0.25, 0.3) is 0 Å². The normalized spacial score (nSPS) is 42.4. The van der Waals surface area contributed by atoms with Gasteiger partial charge in [-0.15, -0.1) is 0 Å². The minimum Gasteiger partial charge on any atom is -0.390 e. The highest BCUT2D eigenvalue weighted by Gasteiger charge is 2.47. The molecule has 2 aliphatic carbocycles. The van der Waals surface area contributed by atoms with E-state index in [1.54, 1.807) is 0 Å². The summed E-state index contributed by atoms with van der Waals surface area (Å²) in [5.74, 6) is 1.96. The van der Waals surface area contributed by atoms with Gasteiger partial charge >= 0.3 is 0 Å². The van der Waals surface area contributed by atoms with Gasteiger partial charge in [0, 0.05) is 12.3 Å². The first kappa shape index (κ1) is 12.8. The smallest absolute Gasteiger partial charge is 0.158 e. The van der Waals surface area contributed by atoms with Crippen LogP contribution in [0.5, 0.6) is 0 Å². The monoisotopic (exact) mass is 236 g/mol. The van der Waals surface area contributed by atoms with Gasteiger partial charge in [0.05, 0.1) is 5.60 Å². The summed E-state index contributed by atoms with van der Waals surface area (Å²) in [7, 11) is 0. The Kier molecular flexibility index (Phi) is 3.19. The minimum absolute atomic E-state index is 0.125. The number of carbonyl (C=O) groups excluding carboxylic acids is 1. The molecule has 1 saturated carbocycles. The lowest BCUT2D eigenvalue weighted by Crippen LogP contribution is -2.49. The molecule has 2 nitrogen and oxygen atoms in total. The van der Waals surface area contributed by atoms with Gasteiger partial charge in [0.15, 0.2) is 5.78 Å². The molecule has 4 atom stereocenters. The van der Waals surface area contributed by atoms with Gasteiger partial charge in [0.25, 0.3) is 0 Å². The van der Waals surface area contributed by atoms with Crippen molar-refractivity contribution in [1.82, 2.24) is 0 Å². The predicted octanol–water partition coefficient (Wildman–Crippen LogP) is 2.95. The fourth-order valence-corrected chi connectivity index (χ4v) is 3.67. The predicted molar refractivity (Wildman–Crippen MR) is 68.5 cm³/mol. The molecular formula is C15H24O2. The van der Waals surface area contributed by atoms with Crippen LogP contribution < -0.4 is 0 Å². The van der Waals surface area contributed by atoms with Gasteiger partial charge in [0.1, 0.15) is 0 Å². The number of carbonyl (C=O) groups is 1. The van der Waals surface area contributed by atoms with Crippen LogP contribution in [-0.2, 0) is 4.79 Å². The fraction of sp³-hybridized carbons (Fsp3) is 0.800. The zero-order valence-corrected chi connectivity index (χ0v) is 11.4. The second-order valence-corrected chi connectivity index (χ2v) is 6.46. The highest BCUT2D eigenvalue weighted by molar-refractivity contribution is 5.95. The molecular weight excluding hydrogens is 212 g/mol. The summed E-state index contributed by atoms with van der Waals surface area (Å²) in [5, 5.41) is 10.5. The quantitative estimate of drug-likeness (QED) is 0.760. The maximum absolute atomic E-state index is 11.8. The Morgan fingerprint density at radius 1 is 1.47 bits per heavy atom. The SMILES string of the molecule is CC1=C[C@H]2[C@H](C(C)C)CC[C@@](C)(O)[C@H]2CC1=O. The van der Waals surface area contributed by atoms with E-state index in [1.165, 1.54) is 0 Å². The van der Waals surface area contributed by atoms with Crippen LogP contribution in [0.4, 0.5) is 0 Å². The molecule has 2 heteroatoms. The van der Waals surface area contributed by atoms with Crippen LogP contribution in [-0.4, -0.2) is 16.5 Å². The average Bonchev–Trinajstić information content (AvgIpc) is 2.20. The van der Waals surface area contributed by atoms with Crippen molar-refractivity contribution in [2.45, 2.75) is 52.6 Å². The fourth-order valence-electron chi connectivity index (χ4n) is 3.67. The van der Waals surface area contributed by atoms with Gasteiger partial charge in [-0.2, -0.15) is 0 Å². The first-order valence-corrected chi connectivity index (χ1v) is 6.77. The summed E-state index contributed by atoms with van der Waals surface area (Å²) in [6.07, 6.45) is 4.57. The summed E-state index contributed by atoms with van der Waals surface area (Å²) < 4.78 is 0. The summed E-state index contributed by atoms with van der Waals surface area (Å²) >= 11 is 0. The molecule has 0 aliphatic heterocycles. The number of hydrogen-bond donors (Lipinski definition) is 1. The maximum Gasteiger partial charge on any atom is 0.158 e. The molecule has 2 rings (SSSR count). The molecule has 0 spiro atoms. The molecule has 17 heavy (non-hydrogen) atoms. The van der Waals surface area contributed by atoms with Crippen molar-refractivity contribution in [3.63, 3.8) is 0 Å². The molecule has 0 aromatic rings. The van der Waals surface area contributed by atoms with Gasteiger partial charge in [0.2, 0.25) is 0 Å². The summed E-state index contributed by atoms with van der Waals surface area (Å²) in [6.45, 7) is 8.32. The second kappa shape index (κ2) is 4.24. The number of rotatable bonds is 1. The summed E-state index contributed by atoms with van der Waals surface area (Å²) in [5.41, 5.74) is 0.234. The molecule has 0 bridgehead atoms. The van der Waals surface area contributed by atoms with Crippen molar-refractivity contribution < 1.29 is 9.90 Å². The first-order chi connectivity index (χ1) is 7.83. The highest BCUT2D eigenvalue weighted by Crippen LogP contribution is 2.48. The number of fused-ring (bicyclic) bond motifs is 1. The zero-order valence-electron chi connectivity index (χ0n) is 11.4. The van der Waals surface area contributed by atoms with Crippen molar-refractivity contribution in [3.05, 3.63) is 11.6 Å². The topological polar surface area (TPSA) is 37.3 Å². The summed E-state index contributed by atoms with van der Waals surface area (Å²) in [6, 6.07) is 0. The molecule has 0 aromatic carbocycles. The minimum atomic E-state index is -0.664. The van der Waals surface area contributed by atoms with Crippen molar-refractivity contribution >= 4 is 5.78 Å². The molecule has 0 saturated heterocycles. The van der Waals surface area contributed by atoms with E-state index in [1.807, 2.05) is 13.8 Å². The lowest BCUT2D eigenvalue weighted by atomic mass is 9.58. The second-order valence-electron chi connectivity index (χ2n) is 6.46. The first-order valence-electron chi connectivity index (χ1n) is 6.77. The Balaban J connectivity index is 2.35. The van der Waals surface area contributed by atoms with E-state index < -0.39 is 5.60 Å². The lowest BCUT2D eigenvalue weighted by molar-refractivity contribution is -0.126. The summed E-state index contributed by atoms with van der Waals surface area (Å²) in [4.78, 5) is 11.8. The Labute approximate surface area is 104 Å². The third-order valence-electron chi connectivity index (χ3n) is 4.89. The van der Waals surface area contributed by atoms with Crippen LogP contribution in [0.3, 0.4) is 0 Å². The van der Waals surface area contributed by atoms with Gasteiger partial charge in [-0.05, 0) is 50.0 Å². The molecule has 2 aliphatic rings. The number of Topliss-reactive ketones (excluding diaryl/α,β-unsaturated/α-hetero) is 1. The molecule has 0 radical (unpaired) electrons. The molecule has 0 heterocycles. The van der Waals surface area contributed by atoms with E-state index in [4.69, 9.17) is 0 Å². The third-order valence-corrected chi connectivity index (χ3v) is 4.89. The van der Waals surface area contributed by atoms with Crippen LogP contribution >= 0.6 is 0 Å². The zero-order chi connectivity index (χ0) is 12.8. The number of hydrogen-bond acceptors (Lipinski definition) is 2. The van der Waals surface area contributed by atoms with Gasteiger partial charge in [-0.1, -0.05) is 19.9 Å². The molecule has 0 unspecified atom stereocenters. The largest absolute Gasteiger partial charge is 0.390 e. The van der Waals surface area contributed by atoms with E-state index in [0.29, 0.717) is 24.2 Å². The molecule has 96 valence electrons. The van der Waals surface area contributed by atoms with Crippen LogP contribution in [0.1, 0.15) is 47.0 Å². The number of allylic oxidation sites excluding steroid dienone is 2. The molecule has 0 amide bonds. The van der Waals surface area contributed by atoms with Gasteiger partial charge < -0.3 is 5.11 Å². The Hall–Kier alpha value is -0.630. The number of aliphatic hydroxyl groups is 1. The third kappa shape index (κ3) is 2.20. The van der Waals surface area contributed by atoms with E-state index in [0.717, 1.165) is 18.4 Å². The van der Waals surface area contributed by atoms with Gasteiger partial charge in [-0.25, -0.2) is 0 Å². The van der Waals surface area contributed by atoms with Gasteiger partial charge in [-0.3, -0.25) is 4.79 Å². The molecule has 0 aromatic heterocycles. The van der Waals surface area contributed by atoms with Crippen molar-refractivity contribution in [2.75, 3.05) is 0 Å². The highest BCUT2D eigenvalue weighted by atomic mass is 16.3.